The van der Waals surface area contributed by atoms with E-state index in [-0.39, 0.29) is 137 Å². The summed E-state index contributed by atoms with van der Waals surface area (Å²) in [4.78, 5) is 123. The van der Waals surface area contributed by atoms with Crippen LogP contribution in [0.2, 0.25) is 0 Å². The molecule has 9 atom stereocenters. The number of nitrogens with zero attached hydrogens (tertiary/aromatic N) is 15. The van der Waals surface area contributed by atoms with Gasteiger partial charge < -0.3 is 94.5 Å². The monoisotopic (exact) mass is 1610 g/mol. The highest BCUT2D eigenvalue weighted by Crippen LogP contribution is 2.43. The first kappa shape index (κ1) is 84.0. The number of imidazole rings is 3. The molecule has 114 heavy (non-hydrogen) atoms. The Balaban J connectivity index is 0.000000185. The van der Waals surface area contributed by atoms with E-state index in [0.29, 0.717) is 6.42 Å². The van der Waals surface area contributed by atoms with Crippen LogP contribution in [0.4, 0.5) is 71.7 Å². The summed E-state index contributed by atoms with van der Waals surface area (Å²) in [6, 6.07) is 14.1. The van der Waals surface area contributed by atoms with E-state index in [0.717, 1.165) is 48.5 Å². The van der Waals surface area contributed by atoms with Gasteiger partial charge in [-0.3, -0.25) is 44.0 Å². The minimum atomic E-state index is -1.98. The molecule has 0 amide bonds. The highest BCUT2D eigenvalue weighted by Gasteiger charge is 2.55. The van der Waals surface area contributed by atoms with Gasteiger partial charge in [-0.05, 0) is 42.8 Å². The third kappa shape index (κ3) is 20.1. The zero-order valence-corrected chi connectivity index (χ0v) is 58.7. The molecule has 0 spiro atoms. The summed E-state index contributed by atoms with van der Waals surface area (Å²) in [6.07, 6.45) is 7.29. The Hall–Kier alpha value is -14.1. The summed E-state index contributed by atoms with van der Waals surface area (Å²) < 4.78 is 108. The average molecular weight is 1620 g/mol. The van der Waals surface area contributed by atoms with Crippen molar-refractivity contribution in [2.24, 2.45) is 0 Å². The SMILES string of the molecule is C#C[C@@]12COC(=O)OCCCOC(=O)O[C@H]1C[C@H](n1cnc3c(N)nc(F)nc31)O2.C#C[C@]1(CO)O[C@@H](n2cnc3c(N)nc(F)nc32)C[C@@H]1O.C#C[C@]1(COC(=O)Oc2ccc([N+](=O)[O-])cc2)O[C@@H](n2cnc3c(N)nc(F)nc32)C[C@@H]1OC(=O)Oc1ccc([N+](=O)[O-])cc1.O=C(Cl)Oc1ccc([N+](=O)[O-])cc1.OCCCO. The van der Waals surface area contributed by atoms with Crippen molar-refractivity contribution in [2.75, 3.05) is 63.4 Å². The third-order valence-corrected chi connectivity index (χ3v) is 16.2. The van der Waals surface area contributed by atoms with E-state index >= 15 is 0 Å². The van der Waals surface area contributed by atoms with Crippen molar-refractivity contribution in [2.45, 2.75) is 85.9 Å². The summed E-state index contributed by atoms with van der Waals surface area (Å²) in [5, 5.41) is 67.1. The molecule has 0 radical (unpaired) electrons. The predicted molar refractivity (Wildman–Crippen MR) is 372 cm³/mol. The molecular weight excluding hydrogens is 1560 g/mol. The summed E-state index contributed by atoms with van der Waals surface area (Å²) in [7, 11) is 0. The van der Waals surface area contributed by atoms with E-state index in [1.165, 1.54) is 56.9 Å². The van der Waals surface area contributed by atoms with Crippen LogP contribution in [-0.4, -0.2) is 205 Å². The first-order chi connectivity index (χ1) is 54.4. The number of benzene rings is 3. The van der Waals surface area contributed by atoms with Gasteiger partial charge in [0.15, 0.2) is 68.8 Å². The molecule has 598 valence electrons. The van der Waals surface area contributed by atoms with Crippen LogP contribution in [0.3, 0.4) is 0 Å². The molecule has 6 aromatic heterocycles. The van der Waals surface area contributed by atoms with E-state index in [4.69, 9.17) is 110 Å². The number of nitrogen functional groups attached to an aromatic ring is 3. The van der Waals surface area contributed by atoms with Gasteiger partial charge in [-0.1, -0.05) is 17.8 Å². The molecular formula is C65H58ClF3N18O27. The van der Waals surface area contributed by atoms with Crippen LogP contribution in [0.1, 0.15) is 50.8 Å². The van der Waals surface area contributed by atoms with Gasteiger partial charge in [-0.2, -0.15) is 43.1 Å². The number of nitro groups is 3. The number of ether oxygens (including phenoxy) is 12. The Labute approximate surface area is 639 Å². The van der Waals surface area contributed by atoms with Crippen LogP contribution in [0.5, 0.6) is 17.2 Å². The van der Waals surface area contributed by atoms with Gasteiger partial charge in [-0.15, -0.1) is 19.3 Å². The molecule has 4 aliphatic rings. The molecule has 45 nitrogen and oxygen atoms in total. The smallest absolute Gasteiger partial charge is 0.434 e. The van der Waals surface area contributed by atoms with E-state index in [2.05, 4.69) is 67.4 Å². The van der Waals surface area contributed by atoms with Gasteiger partial charge in [-0.25, -0.2) is 38.9 Å². The lowest BCUT2D eigenvalue weighted by atomic mass is 9.98. The molecule has 10 heterocycles. The molecule has 9 aromatic rings. The molecule has 4 fully saturated rings. The number of nitrogens with two attached hydrogens (primary N) is 3. The number of carbonyl (C=O) groups is 5. The predicted octanol–water partition coefficient (Wildman–Crippen LogP) is 5.26. The molecule has 0 bridgehead atoms. The molecule has 0 saturated carbocycles. The molecule has 0 aliphatic carbocycles. The summed E-state index contributed by atoms with van der Waals surface area (Å²) in [6.45, 7) is -1.62. The molecule has 4 saturated heterocycles. The number of nitro benzene ring substituents is 3. The van der Waals surface area contributed by atoms with Crippen LogP contribution in [0.15, 0.2) is 91.8 Å². The van der Waals surface area contributed by atoms with Crippen molar-refractivity contribution in [3.05, 3.63) is 140 Å². The largest absolute Gasteiger partial charge is 0.514 e. The number of aliphatic hydroxyl groups excluding tert-OH is 4. The van der Waals surface area contributed by atoms with E-state index in [1.54, 1.807) is 0 Å². The van der Waals surface area contributed by atoms with Crippen molar-refractivity contribution in [1.29, 1.82) is 0 Å². The number of halogens is 4. The van der Waals surface area contributed by atoms with Crippen LogP contribution < -0.4 is 31.4 Å². The Morgan fingerprint density at radius 1 is 0.579 bits per heavy atom. The fourth-order valence-electron chi connectivity index (χ4n) is 10.6. The summed E-state index contributed by atoms with van der Waals surface area (Å²) in [5.74, 6) is 6.43. The van der Waals surface area contributed by atoms with Gasteiger partial charge in [0.1, 0.15) is 55.2 Å². The maximum atomic E-state index is 14.0. The minimum Gasteiger partial charge on any atom is -0.434 e. The zero-order chi connectivity index (χ0) is 82.8. The second-order valence-corrected chi connectivity index (χ2v) is 23.6. The Kier molecular flexibility index (Phi) is 27.3. The number of anilines is 3. The fraction of sp³-hybridized carbons (Fsp3) is 0.323. The number of hydrogen-bond acceptors (Lipinski definition) is 39. The fourth-order valence-corrected chi connectivity index (χ4v) is 10.7. The highest BCUT2D eigenvalue weighted by molar-refractivity contribution is 6.61. The lowest BCUT2D eigenvalue weighted by Crippen LogP contribution is -2.46. The lowest BCUT2D eigenvalue weighted by Gasteiger charge is -2.28. The van der Waals surface area contributed by atoms with Gasteiger partial charge in [0.25, 0.3) is 17.1 Å². The number of rotatable bonds is 15. The lowest BCUT2D eigenvalue weighted by molar-refractivity contribution is -0.385. The minimum absolute atomic E-state index is 0.00863. The van der Waals surface area contributed by atoms with E-state index in [1.807, 2.05) is 0 Å². The Morgan fingerprint density at radius 3 is 1.39 bits per heavy atom. The number of non-ortho nitro benzene ring substituents is 3. The molecule has 13 rings (SSSR count). The van der Waals surface area contributed by atoms with E-state index < -0.39 is 137 Å². The third-order valence-electron chi connectivity index (χ3n) is 16.1. The molecule has 3 aromatic carbocycles. The quantitative estimate of drug-likeness (QED) is 0.0101. The van der Waals surface area contributed by atoms with Crippen molar-refractivity contribution in [3.63, 3.8) is 0 Å². The highest BCUT2D eigenvalue weighted by atomic mass is 35.5. The average Bonchev–Trinajstić information content (AvgIpc) is 1.62. The number of terminal acetylenes is 3. The topological polar surface area (TPSA) is 615 Å². The molecule has 10 N–H and O–H groups in total. The number of cyclic esters (lactones) is 3. The molecule has 49 heteroatoms. The van der Waals surface area contributed by atoms with Crippen LogP contribution in [-0.2, 0) is 42.6 Å². The number of fused-ring (bicyclic) bond motifs is 4. The second-order valence-electron chi connectivity index (χ2n) is 23.2. The molecule has 0 unspecified atom stereocenters. The number of carbonyl (C=O) groups excluding carboxylic acids is 5. The van der Waals surface area contributed by atoms with Crippen molar-refractivity contribution >= 4 is 110 Å². The Bertz CT molecular complexity index is 5190. The van der Waals surface area contributed by atoms with Crippen molar-refractivity contribution in [3.8, 4) is 54.3 Å². The normalized spacial score (nSPS) is 21.4. The summed E-state index contributed by atoms with van der Waals surface area (Å²) >= 11 is 4.92. The maximum Gasteiger partial charge on any atom is 0.514 e. The number of hydrogen-bond donors (Lipinski definition) is 7. The van der Waals surface area contributed by atoms with Crippen LogP contribution in [0.25, 0.3) is 33.5 Å². The van der Waals surface area contributed by atoms with Gasteiger partial charge in [0.05, 0.1) is 53.6 Å². The van der Waals surface area contributed by atoms with E-state index in [9.17, 15) is 77.7 Å². The van der Waals surface area contributed by atoms with Gasteiger partial charge in [0.2, 0.25) is 11.2 Å². The zero-order valence-electron chi connectivity index (χ0n) is 58.0. The Morgan fingerprint density at radius 2 is 0.991 bits per heavy atom. The first-order valence-corrected chi connectivity index (χ1v) is 32.7. The summed E-state index contributed by atoms with van der Waals surface area (Å²) in [5.41, 5.74) is 10.8. The standard InChI is InChI=1S/C26H18FN7O11.C17H16FN5O7.C12H12FN5O3.C7H4ClNO4.C3H8O2/c1-2-26(12-41-24(35)42-16-7-3-14(4-8-16)33(37)38)18(44-25(36)43-17-9-5-15(6-10-17)34(39)40)11-19(45-26)32-13-29-20-21(28)30-23(27)31-22(20)32;1-2-17-7-28-15(24)26-4-3-5-27-16(25)29-9(17)6-10(30-17)23-8-20-11-12(19)21-14(18)22-13(11)23;1-2-12(4-19)6(20)3-7(21-12)18-5-15-8-9(14)16-11(13)17-10(8)18;8-7(10)13-6-3-1-5(2-4-6)9(11)12;4-2-1-3-5/h1,3-10,13,18-19H,11-12H2,(H2,28,30,31);1,8-10H,3-7H2,(H2,19,21,22);1,5-7,19-20H,3-4H2,(H2,14,16,17);1-4H;4-5H,1-3H2/t18-,19+,26+;9-,10+,17+;6-,7+,12+;;/m000../s1. The molecule has 4 aliphatic heterocycles. The van der Waals surface area contributed by atoms with Crippen molar-refractivity contribution in [1.82, 2.24) is 58.6 Å². The maximum absolute atomic E-state index is 14.0. The van der Waals surface area contributed by atoms with Crippen molar-refractivity contribution < 1.29 is 129 Å². The van der Waals surface area contributed by atoms with Crippen LogP contribution >= 0.6 is 11.6 Å². The van der Waals surface area contributed by atoms with Gasteiger partial charge in [0, 0.05) is 86.9 Å². The number of aliphatic hydroxyl groups is 4. The van der Waals surface area contributed by atoms with Crippen LogP contribution in [0, 0.1) is 85.6 Å². The second kappa shape index (κ2) is 37.1. The number of aromatic nitrogens is 12. The first-order valence-electron chi connectivity index (χ1n) is 32.3. The van der Waals surface area contributed by atoms with Gasteiger partial charge >= 0.3 is 48.3 Å².